The van der Waals surface area contributed by atoms with E-state index in [4.69, 9.17) is 10.5 Å². The van der Waals surface area contributed by atoms with E-state index in [1.165, 1.54) is 11.8 Å². The summed E-state index contributed by atoms with van der Waals surface area (Å²) in [6.45, 7) is 8.85. The van der Waals surface area contributed by atoms with Crippen LogP contribution in [0.3, 0.4) is 0 Å². The van der Waals surface area contributed by atoms with Crippen molar-refractivity contribution >= 4 is 34.7 Å². The third kappa shape index (κ3) is 4.83. The Labute approximate surface area is 147 Å². The molecule has 0 saturated heterocycles. The molecule has 0 aliphatic rings. The van der Waals surface area contributed by atoms with E-state index in [1.807, 2.05) is 38.5 Å². The Morgan fingerprint density at radius 2 is 2.08 bits per heavy atom. The molecule has 2 rings (SSSR count). The minimum absolute atomic E-state index is 0.114. The maximum absolute atomic E-state index is 11.9. The number of imidazole rings is 1. The summed E-state index contributed by atoms with van der Waals surface area (Å²) in [5.74, 6) is 0.121. The summed E-state index contributed by atoms with van der Waals surface area (Å²) in [5.41, 5.74) is 7.20. The lowest BCUT2D eigenvalue weighted by atomic mass is 10.0. The van der Waals surface area contributed by atoms with Crippen LogP contribution in [0.15, 0.2) is 11.5 Å². The van der Waals surface area contributed by atoms with E-state index in [0.717, 1.165) is 6.42 Å². The smallest absolute Gasteiger partial charge is 0.308 e. The van der Waals surface area contributed by atoms with Gasteiger partial charge in [0.05, 0.1) is 18.9 Å². The highest BCUT2D eigenvalue weighted by Crippen LogP contribution is 2.21. The van der Waals surface area contributed by atoms with Crippen molar-refractivity contribution in [2.45, 2.75) is 52.2 Å². The van der Waals surface area contributed by atoms with Crippen LogP contribution < -0.4 is 5.73 Å². The van der Waals surface area contributed by atoms with Gasteiger partial charge in [0.2, 0.25) is 0 Å². The van der Waals surface area contributed by atoms with Gasteiger partial charge in [-0.05, 0) is 26.0 Å². The standard InChI is InChI=1S/C14H21N5O2S.C2H6/c1-4-9(13(20)21-5-2)6-7-19-8-16-10-11(15)17-14(22-3)18-12(10)19;1-2/h8-9H,4-7H2,1-3H3,(H2,15,17,18);1-2H3. The Morgan fingerprint density at radius 1 is 1.38 bits per heavy atom. The van der Waals surface area contributed by atoms with Gasteiger partial charge in [-0.25, -0.2) is 15.0 Å². The second-order valence-corrected chi connectivity index (χ2v) is 5.63. The van der Waals surface area contributed by atoms with Crippen LogP contribution in [0.5, 0.6) is 0 Å². The number of rotatable bonds is 7. The Balaban J connectivity index is 0.00000139. The van der Waals surface area contributed by atoms with Crippen LogP contribution in [-0.4, -0.2) is 38.4 Å². The summed E-state index contributed by atoms with van der Waals surface area (Å²) >= 11 is 1.43. The van der Waals surface area contributed by atoms with Crippen molar-refractivity contribution in [1.82, 2.24) is 19.5 Å². The molecule has 0 bridgehead atoms. The minimum atomic E-state index is -0.145. The molecule has 0 aromatic carbocycles. The monoisotopic (exact) mass is 353 g/mol. The zero-order chi connectivity index (χ0) is 18.1. The molecule has 0 amide bonds. The fourth-order valence-electron chi connectivity index (χ4n) is 2.24. The summed E-state index contributed by atoms with van der Waals surface area (Å²) in [7, 11) is 0. The summed E-state index contributed by atoms with van der Waals surface area (Å²) in [6, 6.07) is 0. The summed E-state index contributed by atoms with van der Waals surface area (Å²) in [5, 5.41) is 0.615. The van der Waals surface area contributed by atoms with E-state index >= 15 is 0 Å². The molecule has 1 atom stereocenters. The average Bonchev–Trinajstić information content (AvgIpc) is 3.01. The molecule has 0 radical (unpaired) electrons. The molecular weight excluding hydrogens is 326 g/mol. The first-order valence-corrected chi connectivity index (χ1v) is 9.52. The lowest BCUT2D eigenvalue weighted by Gasteiger charge is -2.13. The molecule has 7 nitrogen and oxygen atoms in total. The van der Waals surface area contributed by atoms with E-state index in [0.29, 0.717) is 41.7 Å². The molecule has 0 fully saturated rings. The minimum Gasteiger partial charge on any atom is -0.466 e. The molecule has 1 unspecified atom stereocenters. The molecule has 2 aromatic heterocycles. The van der Waals surface area contributed by atoms with E-state index in [9.17, 15) is 4.79 Å². The van der Waals surface area contributed by atoms with Gasteiger partial charge in [-0.1, -0.05) is 32.5 Å². The lowest BCUT2D eigenvalue weighted by Crippen LogP contribution is -2.19. The van der Waals surface area contributed by atoms with Crippen molar-refractivity contribution in [3.05, 3.63) is 6.33 Å². The van der Waals surface area contributed by atoms with Gasteiger partial charge in [-0.15, -0.1) is 0 Å². The molecule has 2 heterocycles. The molecule has 134 valence electrons. The van der Waals surface area contributed by atoms with E-state index in [2.05, 4.69) is 15.0 Å². The molecule has 0 spiro atoms. The van der Waals surface area contributed by atoms with Crippen LogP contribution in [0, 0.1) is 5.92 Å². The van der Waals surface area contributed by atoms with Gasteiger partial charge in [-0.3, -0.25) is 4.79 Å². The van der Waals surface area contributed by atoms with Gasteiger partial charge >= 0.3 is 5.97 Å². The van der Waals surface area contributed by atoms with Crippen LogP contribution in [0.1, 0.15) is 40.5 Å². The fraction of sp³-hybridized carbons (Fsp3) is 0.625. The first kappa shape index (κ1) is 20.2. The zero-order valence-electron chi connectivity index (χ0n) is 15.1. The number of fused-ring (bicyclic) bond motifs is 1. The van der Waals surface area contributed by atoms with Crippen molar-refractivity contribution in [2.75, 3.05) is 18.6 Å². The van der Waals surface area contributed by atoms with Crippen LogP contribution in [-0.2, 0) is 16.1 Å². The first-order valence-electron chi connectivity index (χ1n) is 8.29. The number of aromatic nitrogens is 4. The zero-order valence-corrected chi connectivity index (χ0v) is 15.9. The SMILES string of the molecule is CC.CCOC(=O)C(CC)CCn1cnc2c(N)nc(SC)nc21. The van der Waals surface area contributed by atoms with Crippen molar-refractivity contribution < 1.29 is 9.53 Å². The number of hydrogen-bond acceptors (Lipinski definition) is 7. The first-order chi connectivity index (χ1) is 11.6. The Kier molecular flexibility index (Phi) is 8.53. The number of anilines is 1. The highest BCUT2D eigenvalue weighted by Gasteiger charge is 2.18. The molecule has 24 heavy (non-hydrogen) atoms. The number of nitrogens with two attached hydrogens (primary N) is 1. The maximum Gasteiger partial charge on any atom is 0.308 e. The third-order valence-corrected chi connectivity index (χ3v) is 4.03. The van der Waals surface area contributed by atoms with Gasteiger partial charge in [0, 0.05) is 6.54 Å². The number of thioether (sulfide) groups is 1. The highest BCUT2D eigenvalue weighted by atomic mass is 32.2. The second kappa shape index (κ2) is 10.1. The molecule has 0 aliphatic carbocycles. The van der Waals surface area contributed by atoms with E-state index < -0.39 is 0 Å². The predicted octanol–water partition coefficient (Wildman–Crippen LogP) is 3.14. The van der Waals surface area contributed by atoms with Crippen molar-refractivity contribution in [1.29, 1.82) is 0 Å². The maximum atomic E-state index is 11.9. The van der Waals surface area contributed by atoms with E-state index in [1.54, 1.807) is 6.33 Å². The number of ether oxygens (including phenoxy) is 1. The van der Waals surface area contributed by atoms with Gasteiger partial charge in [0.25, 0.3) is 0 Å². The van der Waals surface area contributed by atoms with Gasteiger partial charge < -0.3 is 15.0 Å². The van der Waals surface area contributed by atoms with Gasteiger partial charge in [0.15, 0.2) is 16.6 Å². The normalized spacial score (nSPS) is 11.7. The summed E-state index contributed by atoms with van der Waals surface area (Å²) in [4.78, 5) is 24.8. The number of carbonyl (C=O) groups excluding carboxylic acids is 1. The Bertz CT molecular complexity index is 659. The number of carbonyl (C=O) groups is 1. The highest BCUT2D eigenvalue weighted by molar-refractivity contribution is 7.98. The fourth-order valence-corrected chi connectivity index (χ4v) is 2.61. The number of aryl methyl sites for hydroxylation is 1. The van der Waals surface area contributed by atoms with Crippen LogP contribution in [0.25, 0.3) is 11.2 Å². The van der Waals surface area contributed by atoms with E-state index in [-0.39, 0.29) is 11.9 Å². The summed E-state index contributed by atoms with van der Waals surface area (Å²) < 4.78 is 7.01. The van der Waals surface area contributed by atoms with Crippen molar-refractivity contribution in [3.8, 4) is 0 Å². The number of hydrogen-bond donors (Lipinski definition) is 1. The van der Waals surface area contributed by atoms with Gasteiger partial charge in [0.1, 0.15) is 5.52 Å². The lowest BCUT2D eigenvalue weighted by molar-refractivity contribution is -0.148. The predicted molar refractivity (Wildman–Crippen MR) is 97.9 cm³/mol. The molecule has 2 N–H and O–H groups in total. The van der Waals surface area contributed by atoms with Crippen molar-refractivity contribution in [2.24, 2.45) is 5.92 Å². The Hall–Kier alpha value is -1.83. The quantitative estimate of drug-likeness (QED) is 0.464. The molecule has 8 heteroatoms. The number of nitrogen functional groups attached to an aromatic ring is 1. The summed E-state index contributed by atoms with van der Waals surface area (Å²) in [6.07, 6.45) is 5.02. The second-order valence-electron chi connectivity index (χ2n) is 4.85. The molecular formula is C16H27N5O2S. The molecule has 0 saturated carbocycles. The van der Waals surface area contributed by atoms with Crippen LogP contribution in [0.4, 0.5) is 5.82 Å². The average molecular weight is 353 g/mol. The number of nitrogens with zero attached hydrogens (tertiary/aromatic N) is 4. The topological polar surface area (TPSA) is 95.9 Å². The third-order valence-electron chi connectivity index (χ3n) is 3.48. The molecule has 2 aromatic rings. The van der Waals surface area contributed by atoms with Gasteiger partial charge in [-0.2, -0.15) is 0 Å². The van der Waals surface area contributed by atoms with Crippen LogP contribution in [0.2, 0.25) is 0 Å². The number of esters is 1. The van der Waals surface area contributed by atoms with Crippen LogP contribution >= 0.6 is 11.8 Å². The molecule has 0 aliphatic heterocycles. The largest absolute Gasteiger partial charge is 0.466 e. The Morgan fingerprint density at radius 3 is 2.67 bits per heavy atom. The van der Waals surface area contributed by atoms with Crippen molar-refractivity contribution in [3.63, 3.8) is 0 Å².